The third-order valence-electron chi connectivity index (χ3n) is 5.27. The summed E-state index contributed by atoms with van der Waals surface area (Å²) in [7, 11) is 0. The normalized spacial score (nSPS) is 15.9. The number of hydrazone groups is 1. The maximum Gasteiger partial charge on any atom is 0.271 e. The van der Waals surface area contributed by atoms with E-state index in [4.69, 9.17) is 23.2 Å². The highest BCUT2D eigenvalue weighted by Gasteiger charge is 2.32. The first-order valence-corrected chi connectivity index (χ1v) is 12.2. The van der Waals surface area contributed by atoms with E-state index in [2.05, 4.69) is 22.7 Å². The molecule has 1 aliphatic rings. The highest BCUT2D eigenvalue weighted by atomic mass is 35.5. The molecule has 0 spiro atoms. The first-order chi connectivity index (χ1) is 16.0. The zero-order valence-electron chi connectivity index (χ0n) is 17.6. The van der Waals surface area contributed by atoms with Gasteiger partial charge in [0.2, 0.25) is 5.91 Å². The Bertz CT molecular complexity index is 1150. The second kappa shape index (κ2) is 10.9. The van der Waals surface area contributed by atoms with Gasteiger partial charge in [-0.1, -0.05) is 71.7 Å². The standard InChI is InChI=1S/C25H21Cl2N3O2S/c26-21-7-4-8-22(27)20(21)15-28-29-24(32)18-9-11-19(12-10-18)25-30(23(31)16-33-25)14-13-17-5-2-1-3-6-17/h1-12,15,25H,13-14,16H2,(H,29,32)/b28-15-/t25-/m0/s1. The third-order valence-corrected chi connectivity index (χ3v) is 7.18. The predicted molar refractivity (Wildman–Crippen MR) is 135 cm³/mol. The Labute approximate surface area is 206 Å². The van der Waals surface area contributed by atoms with Crippen molar-refractivity contribution in [3.8, 4) is 0 Å². The molecule has 168 valence electrons. The molecule has 1 N–H and O–H groups in total. The van der Waals surface area contributed by atoms with Crippen molar-refractivity contribution in [2.45, 2.75) is 11.8 Å². The van der Waals surface area contributed by atoms with Crippen molar-refractivity contribution in [1.82, 2.24) is 10.3 Å². The number of carbonyl (C=O) groups excluding carboxylic acids is 2. The van der Waals surface area contributed by atoms with E-state index in [1.54, 1.807) is 42.1 Å². The molecule has 4 rings (SSSR count). The van der Waals surface area contributed by atoms with E-state index in [0.717, 1.165) is 12.0 Å². The lowest BCUT2D eigenvalue weighted by Crippen LogP contribution is -2.30. The number of benzene rings is 3. The van der Waals surface area contributed by atoms with Crippen LogP contribution in [0.1, 0.15) is 32.4 Å². The summed E-state index contributed by atoms with van der Waals surface area (Å²) in [6.07, 6.45) is 2.22. The summed E-state index contributed by atoms with van der Waals surface area (Å²) < 4.78 is 0. The largest absolute Gasteiger partial charge is 0.326 e. The Morgan fingerprint density at radius 3 is 2.42 bits per heavy atom. The fourth-order valence-electron chi connectivity index (χ4n) is 3.52. The van der Waals surface area contributed by atoms with Crippen molar-refractivity contribution in [3.63, 3.8) is 0 Å². The molecule has 0 unspecified atom stereocenters. The molecule has 1 atom stereocenters. The summed E-state index contributed by atoms with van der Waals surface area (Å²) in [6.45, 7) is 0.655. The molecule has 33 heavy (non-hydrogen) atoms. The van der Waals surface area contributed by atoms with Crippen LogP contribution < -0.4 is 5.43 Å². The summed E-state index contributed by atoms with van der Waals surface area (Å²) in [6, 6.07) is 22.5. The topological polar surface area (TPSA) is 61.8 Å². The first-order valence-electron chi connectivity index (χ1n) is 10.4. The minimum absolute atomic E-state index is 0.0568. The highest BCUT2D eigenvalue weighted by molar-refractivity contribution is 8.00. The fraction of sp³-hybridized carbons (Fsp3) is 0.160. The molecule has 8 heteroatoms. The molecule has 0 radical (unpaired) electrons. The summed E-state index contributed by atoms with van der Waals surface area (Å²) in [5.74, 6) is 0.244. The maximum absolute atomic E-state index is 12.5. The lowest BCUT2D eigenvalue weighted by molar-refractivity contribution is -0.128. The van der Waals surface area contributed by atoms with Crippen LogP contribution in [-0.4, -0.2) is 35.2 Å². The molecule has 0 aromatic heterocycles. The number of rotatable bonds is 7. The Balaban J connectivity index is 1.39. The molecule has 1 fully saturated rings. The summed E-state index contributed by atoms with van der Waals surface area (Å²) in [5, 5.41) is 4.81. The van der Waals surface area contributed by atoms with Gasteiger partial charge in [0, 0.05) is 17.7 Å². The number of hydrogen-bond donors (Lipinski definition) is 1. The van der Waals surface area contributed by atoms with Gasteiger partial charge in [-0.15, -0.1) is 11.8 Å². The number of amides is 2. The summed E-state index contributed by atoms with van der Waals surface area (Å²) in [5.41, 5.74) is 5.68. The Kier molecular flexibility index (Phi) is 7.70. The van der Waals surface area contributed by atoms with E-state index in [1.165, 1.54) is 11.8 Å². The molecule has 3 aromatic carbocycles. The van der Waals surface area contributed by atoms with Crippen molar-refractivity contribution >= 4 is 53.0 Å². The van der Waals surface area contributed by atoms with Crippen molar-refractivity contribution in [2.24, 2.45) is 5.10 Å². The van der Waals surface area contributed by atoms with E-state index in [0.29, 0.717) is 33.5 Å². The molecular weight excluding hydrogens is 477 g/mol. The minimum atomic E-state index is -0.350. The number of thioether (sulfide) groups is 1. The number of nitrogens with one attached hydrogen (secondary N) is 1. The van der Waals surface area contributed by atoms with Crippen LogP contribution in [0, 0.1) is 0 Å². The average Bonchev–Trinajstić information content (AvgIpc) is 3.20. The van der Waals surface area contributed by atoms with Gasteiger partial charge in [-0.3, -0.25) is 9.59 Å². The van der Waals surface area contributed by atoms with Crippen LogP contribution in [-0.2, 0) is 11.2 Å². The van der Waals surface area contributed by atoms with Crippen molar-refractivity contribution in [1.29, 1.82) is 0 Å². The van der Waals surface area contributed by atoms with Gasteiger partial charge in [-0.05, 0) is 41.8 Å². The Morgan fingerprint density at radius 1 is 1.03 bits per heavy atom. The smallest absolute Gasteiger partial charge is 0.271 e. The number of hydrogen-bond acceptors (Lipinski definition) is 4. The summed E-state index contributed by atoms with van der Waals surface area (Å²) >= 11 is 13.8. The van der Waals surface area contributed by atoms with E-state index < -0.39 is 0 Å². The monoisotopic (exact) mass is 497 g/mol. The van der Waals surface area contributed by atoms with E-state index in [1.807, 2.05) is 35.2 Å². The molecule has 1 saturated heterocycles. The van der Waals surface area contributed by atoms with Gasteiger partial charge in [-0.2, -0.15) is 5.10 Å². The molecule has 2 amide bonds. The molecule has 3 aromatic rings. The van der Waals surface area contributed by atoms with Crippen LogP contribution in [0.5, 0.6) is 0 Å². The number of halogens is 2. The highest BCUT2D eigenvalue weighted by Crippen LogP contribution is 2.38. The summed E-state index contributed by atoms with van der Waals surface area (Å²) in [4.78, 5) is 26.8. The molecular formula is C25H21Cl2N3O2S. The SMILES string of the molecule is O=C(N/N=C\c1c(Cl)cccc1Cl)c1ccc([C@@H]2SCC(=O)N2CCc2ccccc2)cc1. The van der Waals surface area contributed by atoms with Gasteiger partial charge < -0.3 is 4.90 Å². The van der Waals surface area contributed by atoms with Crippen LogP contribution >= 0.6 is 35.0 Å². The molecule has 0 saturated carbocycles. The Morgan fingerprint density at radius 2 is 1.73 bits per heavy atom. The van der Waals surface area contributed by atoms with Crippen molar-refractivity contribution < 1.29 is 9.59 Å². The molecule has 1 aliphatic heterocycles. The van der Waals surface area contributed by atoms with Crippen LogP contribution in [0.25, 0.3) is 0 Å². The second-order valence-corrected chi connectivity index (χ2v) is 9.33. The van der Waals surface area contributed by atoms with Crippen LogP contribution in [0.3, 0.4) is 0 Å². The Hall–Kier alpha value is -2.80. The van der Waals surface area contributed by atoms with E-state index in [-0.39, 0.29) is 17.2 Å². The van der Waals surface area contributed by atoms with Crippen molar-refractivity contribution in [3.05, 3.63) is 105 Å². The second-order valence-electron chi connectivity index (χ2n) is 7.44. The van der Waals surface area contributed by atoms with Gasteiger partial charge in [0.1, 0.15) is 5.37 Å². The van der Waals surface area contributed by atoms with Crippen molar-refractivity contribution in [2.75, 3.05) is 12.3 Å². The molecule has 0 aliphatic carbocycles. The van der Waals surface area contributed by atoms with Gasteiger partial charge >= 0.3 is 0 Å². The lowest BCUT2D eigenvalue weighted by Gasteiger charge is -2.24. The average molecular weight is 498 g/mol. The number of carbonyl (C=O) groups is 2. The minimum Gasteiger partial charge on any atom is -0.326 e. The van der Waals surface area contributed by atoms with Gasteiger partial charge in [0.05, 0.1) is 22.0 Å². The van der Waals surface area contributed by atoms with Crippen LogP contribution in [0.15, 0.2) is 77.9 Å². The van der Waals surface area contributed by atoms with Gasteiger partial charge in [0.15, 0.2) is 0 Å². The van der Waals surface area contributed by atoms with E-state index >= 15 is 0 Å². The number of nitrogens with zero attached hydrogens (tertiary/aromatic N) is 2. The van der Waals surface area contributed by atoms with Gasteiger partial charge in [-0.25, -0.2) is 5.43 Å². The van der Waals surface area contributed by atoms with Crippen LogP contribution in [0.4, 0.5) is 0 Å². The quantitative estimate of drug-likeness (QED) is 0.342. The zero-order chi connectivity index (χ0) is 23.2. The molecule has 1 heterocycles. The maximum atomic E-state index is 12.5. The predicted octanol–water partition coefficient (Wildman–Crippen LogP) is 5.57. The van der Waals surface area contributed by atoms with Gasteiger partial charge in [0.25, 0.3) is 5.91 Å². The zero-order valence-corrected chi connectivity index (χ0v) is 19.9. The lowest BCUT2D eigenvalue weighted by atomic mass is 10.1. The van der Waals surface area contributed by atoms with Crippen LogP contribution in [0.2, 0.25) is 10.0 Å². The third kappa shape index (κ3) is 5.77. The molecule has 5 nitrogen and oxygen atoms in total. The van der Waals surface area contributed by atoms with E-state index in [9.17, 15) is 9.59 Å². The first kappa shape index (κ1) is 23.4. The fourth-order valence-corrected chi connectivity index (χ4v) is 5.23. The molecule has 0 bridgehead atoms.